The van der Waals surface area contributed by atoms with E-state index >= 15 is 0 Å². The molecule has 5 nitrogen and oxygen atoms in total. The maximum Gasteiger partial charge on any atom is 0.272 e. The first-order chi connectivity index (χ1) is 11.1. The maximum atomic E-state index is 13.0. The molecule has 1 aliphatic carbocycles. The first kappa shape index (κ1) is 15.4. The van der Waals surface area contributed by atoms with Gasteiger partial charge in [0.25, 0.3) is 5.91 Å². The fraction of sp³-hybridized carbons (Fsp3) is 0.294. The standard InChI is InChI=1S/C17H18FN3O2/c1-11-8-16(17(23)19-14-5-2-12(9-14)10-22)20-21(11)15-6-3-13(18)4-7-15/h2-8,12,14,22H,9-10H2,1H3,(H,19,23)/t12-,14+/m0/s1. The molecule has 2 atom stereocenters. The number of aromatic nitrogens is 2. The van der Waals surface area contributed by atoms with Crippen molar-refractivity contribution in [2.24, 2.45) is 5.92 Å². The SMILES string of the molecule is Cc1cc(C(=O)N[C@@H]2C=C[C@H](CO)C2)nn1-c1ccc(F)cc1. The minimum absolute atomic E-state index is 0.0845. The smallest absolute Gasteiger partial charge is 0.272 e. The van der Waals surface area contributed by atoms with Crippen LogP contribution in [0.3, 0.4) is 0 Å². The van der Waals surface area contributed by atoms with Crippen molar-refractivity contribution in [3.63, 3.8) is 0 Å². The molecule has 1 aromatic heterocycles. The van der Waals surface area contributed by atoms with Gasteiger partial charge in [0.15, 0.2) is 5.69 Å². The summed E-state index contributed by atoms with van der Waals surface area (Å²) in [5.74, 6) is -0.482. The van der Waals surface area contributed by atoms with Gasteiger partial charge in [0, 0.05) is 24.3 Å². The summed E-state index contributed by atoms with van der Waals surface area (Å²) < 4.78 is 14.6. The average Bonchev–Trinajstić information content (AvgIpc) is 3.15. The predicted molar refractivity (Wildman–Crippen MR) is 83.8 cm³/mol. The zero-order valence-electron chi connectivity index (χ0n) is 12.7. The lowest BCUT2D eigenvalue weighted by Crippen LogP contribution is -2.33. The van der Waals surface area contributed by atoms with Crippen LogP contribution in [0.25, 0.3) is 5.69 Å². The summed E-state index contributed by atoms with van der Waals surface area (Å²) in [5, 5.41) is 16.3. The molecule has 120 valence electrons. The highest BCUT2D eigenvalue weighted by molar-refractivity contribution is 5.92. The fourth-order valence-corrected chi connectivity index (χ4v) is 2.69. The van der Waals surface area contributed by atoms with Gasteiger partial charge in [-0.25, -0.2) is 9.07 Å². The van der Waals surface area contributed by atoms with Gasteiger partial charge in [-0.15, -0.1) is 0 Å². The minimum atomic E-state index is -0.317. The molecule has 0 bridgehead atoms. The molecule has 2 aromatic rings. The second kappa shape index (κ2) is 6.34. The highest BCUT2D eigenvalue weighted by Crippen LogP contribution is 2.18. The van der Waals surface area contributed by atoms with Gasteiger partial charge in [-0.2, -0.15) is 5.10 Å². The number of benzene rings is 1. The number of hydrogen-bond donors (Lipinski definition) is 2. The fourth-order valence-electron chi connectivity index (χ4n) is 2.69. The molecule has 0 saturated carbocycles. The van der Waals surface area contributed by atoms with E-state index in [0.29, 0.717) is 17.8 Å². The van der Waals surface area contributed by atoms with Gasteiger partial charge < -0.3 is 10.4 Å². The van der Waals surface area contributed by atoms with Crippen LogP contribution in [0.4, 0.5) is 4.39 Å². The summed E-state index contributed by atoms with van der Waals surface area (Å²) in [4.78, 5) is 12.3. The highest BCUT2D eigenvalue weighted by atomic mass is 19.1. The summed E-state index contributed by atoms with van der Waals surface area (Å²) in [5.41, 5.74) is 1.80. The lowest BCUT2D eigenvalue weighted by atomic mass is 10.1. The number of aryl methyl sites for hydroxylation is 1. The summed E-state index contributed by atoms with van der Waals surface area (Å²) >= 11 is 0. The van der Waals surface area contributed by atoms with E-state index in [4.69, 9.17) is 5.11 Å². The van der Waals surface area contributed by atoms with Crippen molar-refractivity contribution in [3.05, 3.63) is 59.7 Å². The number of rotatable bonds is 4. The number of hydrogen-bond acceptors (Lipinski definition) is 3. The summed E-state index contributed by atoms with van der Waals surface area (Å²) in [6, 6.07) is 7.55. The number of nitrogens with zero attached hydrogens (tertiary/aromatic N) is 2. The second-order valence-electron chi connectivity index (χ2n) is 5.70. The van der Waals surface area contributed by atoms with Crippen LogP contribution in [0.1, 0.15) is 22.6 Å². The van der Waals surface area contributed by atoms with E-state index in [2.05, 4.69) is 10.4 Å². The van der Waals surface area contributed by atoms with Crippen LogP contribution in [-0.2, 0) is 0 Å². The highest BCUT2D eigenvalue weighted by Gasteiger charge is 2.22. The predicted octanol–water partition coefficient (Wildman–Crippen LogP) is 1.99. The van der Waals surface area contributed by atoms with Gasteiger partial charge in [-0.3, -0.25) is 4.79 Å². The van der Waals surface area contributed by atoms with Gasteiger partial charge in [-0.05, 0) is 43.7 Å². The van der Waals surface area contributed by atoms with Gasteiger partial charge in [0.2, 0.25) is 0 Å². The minimum Gasteiger partial charge on any atom is -0.396 e. The lowest BCUT2D eigenvalue weighted by Gasteiger charge is -2.11. The van der Waals surface area contributed by atoms with Crippen LogP contribution in [0.5, 0.6) is 0 Å². The Balaban J connectivity index is 1.74. The third-order valence-electron chi connectivity index (χ3n) is 3.91. The number of nitrogens with one attached hydrogen (secondary N) is 1. The molecule has 0 aliphatic heterocycles. The summed E-state index contributed by atoms with van der Waals surface area (Å²) in [7, 11) is 0. The number of aliphatic hydroxyl groups excluding tert-OH is 1. The van der Waals surface area contributed by atoms with Gasteiger partial charge >= 0.3 is 0 Å². The molecule has 1 aliphatic rings. The van der Waals surface area contributed by atoms with E-state index in [1.165, 1.54) is 12.1 Å². The first-order valence-electron chi connectivity index (χ1n) is 7.49. The molecular weight excluding hydrogens is 297 g/mol. The number of halogens is 1. The Bertz CT molecular complexity index is 737. The van der Waals surface area contributed by atoms with Crippen LogP contribution >= 0.6 is 0 Å². The third kappa shape index (κ3) is 3.32. The Labute approximate surface area is 133 Å². The number of carbonyl (C=O) groups is 1. The van der Waals surface area contributed by atoms with Crippen LogP contribution in [0, 0.1) is 18.7 Å². The Hall–Kier alpha value is -2.47. The quantitative estimate of drug-likeness (QED) is 0.848. The van der Waals surface area contributed by atoms with Crippen molar-refractivity contribution >= 4 is 5.91 Å². The second-order valence-corrected chi connectivity index (χ2v) is 5.70. The van der Waals surface area contributed by atoms with E-state index in [1.807, 2.05) is 19.1 Å². The van der Waals surface area contributed by atoms with Gasteiger partial charge in [0.05, 0.1) is 5.69 Å². The maximum absolute atomic E-state index is 13.0. The van der Waals surface area contributed by atoms with Crippen molar-refractivity contribution in [2.45, 2.75) is 19.4 Å². The molecular formula is C17H18FN3O2. The van der Waals surface area contributed by atoms with Crippen LogP contribution in [0.15, 0.2) is 42.5 Å². The molecule has 0 radical (unpaired) electrons. The third-order valence-corrected chi connectivity index (χ3v) is 3.91. The topological polar surface area (TPSA) is 67.2 Å². The molecule has 0 saturated heterocycles. The molecule has 0 spiro atoms. The van der Waals surface area contributed by atoms with Crippen molar-refractivity contribution < 1.29 is 14.3 Å². The molecule has 0 unspecified atom stereocenters. The van der Waals surface area contributed by atoms with Crippen molar-refractivity contribution in [2.75, 3.05) is 6.61 Å². The average molecular weight is 315 g/mol. The van der Waals surface area contributed by atoms with E-state index in [-0.39, 0.29) is 30.3 Å². The molecule has 1 aromatic carbocycles. The molecule has 6 heteroatoms. The lowest BCUT2D eigenvalue weighted by molar-refractivity contribution is 0.0935. The van der Waals surface area contributed by atoms with Crippen LogP contribution in [0.2, 0.25) is 0 Å². The Kier molecular flexibility index (Phi) is 4.25. The number of aliphatic hydroxyl groups is 1. The molecule has 0 fully saturated rings. The molecule has 1 amide bonds. The van der Waals surface area contributed by atoms with E-state index < -0.39 is 0 Å². The Morgan fingerprint density at radius 1 is 1.39 bits per heavy atom. The van der Waals surface area contributed by atoms with Crippen molar-refractivity contribution in [3.8, 4) is 5.69 Å². The summed E-state index contributed by atoms with van der Waals surface area (Å²) in [6.07, 6.45) is 4.50. The Morgan fingerprint density at radius 3 is 2.78 bits per heavy atom. The zero-order valence-corrected chi connectivity index (χ0v) is 12.7. The molecule has 2 N–H and O–H groups in total. The Morgan fingerprint density at radius 2 is 2.13 bits per heavy atom. The van der Waals surface area contributed by atoms with E-state index in [9.17, 15) is 9.18 Å². The monoisotopic (exact) mass is 315 g/mol. The van der Waals surface area contributed by atoms with Gasteiger partial charge in [-0.1, -0.05) is 12.2 Å². The van der Waals surface area contributed by atoms with Crippen molar-refractivity contribution in [1.82, 2.24) is 15.1 Å². The van der Waals surface area contributed by atoms with Crippen molar-refractivity contribution in [1.29, 1.82) is 0 Å². The van der Waals surface area contributed by atoms with Crippen LogP contribution < -0.4 is 5.32 Å². The van der Waals surface area contributed by atoms with E-state index in [0.717, 1.165) is 5.69 Å². The first-order valence-corrected chi connectivity index (χ1v) is 7.49. The molecule has 1 heterocycles. The molecule has 23 heavy (non-hydrogen) atoms. The number of amides is 1. The zero-order chi connectivity index (χ0) is 16.4. The van der Waals surface area contributed by atoms with E-state index in [1.54, 1.807) is 22.9 Å². The molecule has 3 rings (SSSR count). The number of carbonyl (C=O) groups excluding carboxylic acids is 1. The normalized spacial score (nSPS) is 20.0. The summed E-state index contributed by atoms with van der Waals surface area (Å²) in [6.45, 7) is 1.92. The largest absolute Gasteiger partial charge is 0.396 e. The van der Waals surface area contributed by atoms with Gasteiger partial charge in [0.1, 0.15) is 5.82 Å². The van der Waals surface area contributed by atoms with Crippen LogP contribution in [-0.4, -0.2) is 33.4 Å².